The third kappa shape index (κ3) is 1.77. The Morgan fingerprint density at radius 3 is 2.75 bits per heavy atom. The molecule has 0 atom stereocenters. The second-order valence-corrected chi connectivity index (χ2v) is 6.73. The largest absolute Gasteiger partial charge is 0.397 e. The lowest BCUT2D eigenvalue weighted by atomic mass is 10.1. The average molecular weight is 292 g/mol. The molecule has 2 aromatic rings. The summed E-state index contributed by atoms with van der Waals surface area (Å²) in [5.74, 6) is 0.657. The molecule has 2 heterocycles. The zero-order chi connectivity index (χ0) is 14.5. The minimum absolute atomic E-state index is 0.0635. The Hall–Kier alpha value is -2.02. The number of rotatable bonds is 2. The number of hydrogen-bond acceptors (Lipinski definition) is 4. The van der Waals surface area contributed by atoms with Crippen molar-refractivity contribution in [1.82, 2.24) is 9.55 Å². The summed E-state index contributed by atoms with van der Waals surface area (Å²) in [4.78, 5) is 4.12. The van der Waals surface area contributed by atoms with Crippen LogP contribution in [0.15, 0.2) is 29.4 Å². The zero-order valence-corrected chi connectivity index (χ0v) is 12.2. The van der Waals surface area contributed by atoms with Crippen LogP contribution in [0.1, 0.15) is 11.4 Å². The van der Waals surface area contributed by atoms with E-state index in [0.29, 0.717) is 30.2 Å². The molecule has 0 amide bonds. The highest BCUT2D eigenvalue weighted by molar-refractivity contribution is 7.92. The summed E-state index contributed by atoms with van der Waals surface area (Å²) < 4.78 is 28.5. The van der Waals surface area contributed by atoms with Crippen LogP contribution in [0.3, 0.4) is 0 Å². The van der Waals surface area contributed by atoms with Crippen LogP contribution in [0.5, 0.6) is 0 Å². The van der Waals surface area contributed by atoms with Crippen molar-refractivity contribution >= 4 is 21.4 Å². The van der Waals surface area contributed by atoms with Crippen LogP contribution < -0.4 is 10.0 Å². The van der Waals surface area contributed by atoms with E-state index in [1.807, 2.05) is 12.1 Å². The van der Waals surface area contributed by atoms with Gasteiger partial charge in [-0.15, -0.1) is 0 Å². The number of aromatic nitrogens is 2. The summed E-state index contributed by atoms with van der Waals surface area (Å²) in [6.45, 7) is 2.17. The van der Waals surface area contributed by atoms with Gasteiger partial charge in [-0.2, -0.15) is 8.42 Å². The number of aryl methyl sites for hydroxylation is 2. The minimum Gasteiger partial charge on any atom is -0.397 e. The molecule has 7 heteroatoms. The number of sulfonamides is 1. The third-order valence-electron chi connectivity index (χ3n) is 3.63. The van der Waals surface area contributed by atoms with Gasteiger partial charge in [-0.3, -0.25) is 4.31 Å². The number of hydrogen-bond donors (Lipinski definition) is 1. The van der Waals surface area contributed by atoms with Crippen molar-refractivity contribution in [3.05, 3.63) is 35.8 Å². The Morgan fingerprint density at radius 2 is 2.10 bits per heavy atom. The molecule has 20 heavy (non-hydrogen) atoms. The Kier molecular flexibility index (Phi) is 2.75. The molecule has 0 radical (unpaired) electrons. The Bertz CT molecular complexity index is 760. The van der Waals surface area contributed by atoms with E-state index in [2.05, 4.69) is 4.98 Å². The predicted molar refractivity (Wildman–Crippen MR) is 77.0 cm³/mol. The molecule has 0 fully saturated rings. The first-order valence-electron chi connectivity index (χ1n) is 6.31. The van der Waals surface area contributed by atoms with Crippen molar-refractivity contribution in [2.75, 3.05) is 16.6 Å². The molecule has 0 spiro atoms. The van der Waals surface area contributed by atoms with Crippen molar-refractivity contribution in [2.45, 2.75) is 18.4 Å². The number of nitrogens with two attached hydrogens (primary N) is 1. The highest BCUT2D eigenvalue weighted by Crippen LogP contribution is 2.37. The fourth-order valence-electron chi connectivity index (χ4n) is 2.45. The molecular weight excluding hydrogens is 276 g/mol. The van der Waals surface area contributed by atoms with E-state index in [1.54, 1.807) is 24.6 Å². The van der Waals surface area contributed by atoms with Crippen molar-refractivity contribution in [3.63, 3.8) is 0 Å². The Balaban J connectivity index is 2.12. The molecule has 1 aromatic carbocycles. The number of imidazole rings is 1. The van der Waals surface area contributed by atoms with E-state index >= 15 is 0 Å². The molecular formula is C13H16N4O2S. The van der Waals surface area contributed by atoms with Gasteiger partial charge in [0.15, 0.2) is 5.03 Å². The molecule has 0 aliphatic carbocycles. The first-order chi connectivity index (χ1) is 9.41. The second kappa shape index (κ2) is 4.24. The highest BCUT2D eigenvalue weighted by Gasteiger charge is 2.34. The highest BCUT2D eigenvalue weighted by atomic mass is 32.2. The van der Waals surface area contributed by atoms with Gasteiger partial charge in [-0.05, 0) is 25.0 Å². The van der Waals surface area contributed by atoms with Gasteiger partial charge in [0.2, 0.25) is 0 Å². The number of benzene rings is 1. The van der Waals surface area contributed by atoms with Gasteiger partial charge in [-0.25, -0.2) is 4.98 Å². The summed E-state index contributed by atoms with van der Waals surface area (Å²) in [6, 6.07) is 5.47. The van der Waals surface area contributed by atoms with Crippen molar-refractivity contribution in [1.29, 1.82) is 0 Å². The normalized spacial score (nSPS) is 14.6. The lowest BCUT2D eigenvalue weighted by Gasteiger charge is -2.19. The maximum atomic E-state index is 12.7. The van der Waals surface area contributed by atoms with E-state index in [9.17, 15) is 8.42 Å². The lowest BCUT2D eigenvalue weighted by molar-refractivity contribution is 0.589. The quantitative estimate of drug-likeness (QED) is 0.839. The van der Waals surface area contributed by atoms with E-state index in [4.69, 9.17) is 5.73 Å². The number of anilines is 2. The molecule has 0 unspecified atom stereocenters. The summed E-state index contributed by atoms with van der Waals surface area (Å²) >= 11 is 0. The maximum Gasteiger partial charge on any atom is 0.283 e. The van der Waals surface area contributed by atoms with Gasteiger partial charge < -0.3 is 10.3 Å². The van der Waals surface area contributed by atoms with E-state index in [0.717, 1.165) is 5.56 Å². The molecule has 3 rings (SSSR count). The van der Waals surface area contributed by atoms with E-state index < -0.39 is 10.0 Å². The Labute approximate surface area is 117 Å². The fourth-order valence-corrected chi connectivity index (χ4v) is 4.01. The van der Waals surface area contributed by atoms with Crippen LogP contribution in [-0.2, 0) is 23.5 Å². The molecule has 0 saturated heterocycles. The van der Waals surface area contributed by atoms with Crippen LogP contribution in [0.25, 0.3) is 0 Å². The molecule has 1 aromatic heterocycles. The van der Waals surface area contributed by atoms with Gasteiger partial charge in [-0.1, -0.05) is 12.1 Å². The van der Waals surface area contributed by atoms with Crippen LogP contribution >= 0.6 is 0 Å². The van der Waals surface area contributed by atoms with Gasteiger partial charge >= 0.3 is 0 Å². The van der Waals surface area contributed by atoms with Crippen LogP contribution in [0, 0.1) is 6.92 Å². The molecule has 0 saturated carbocycles. The van der Waals surface area contributed by atoms with Crippen LogP contribution in [-0.4, -0.2) is 24.5 Å². The molecule has 1 aliphatic heterocycles. The number of para-hydroxylation sites is 1. The van der Waals surface area contributed by atoms with Crippen LogP contribution in [0.2, 0.25) is 0 Å². The van der Waals surface area contributed by atoms with Crippen molar-refractivity contribution in [2.24, 2.45) is 7.05 Å². The minimum atomic E-state index is -3.65. The molecule has 0 bridgehead atoms. The number of nitrogen functional groups attached to an aromatic ring is 1. The standard InChI is InChI=1S/C13H16N4O2S/c1-9-15-12(8-16(9)2)20(18,19)17-7-6-10-4-3-5-11(14)13(10)17/h3-5,8H,6-7,14H2,1-2H3. The van der Waals surface area contributed by atoms with E-state index in [1.165, 1.54) is 10.5 Å². The summed E-state index contributed by atoms with van der Waals surface area (Å²) in [5.41, 5.74) is 7.98. The van der Waals surface area contributed by atoms with Gasteiger partial charge in [0, 0.05) is 19.8 Å². The number of fused-ring (bicyclic) bond motifs is 1. The first-order valence-corrected chi connectivity index (χ1v) is 7.75. The second-order valence-electron chi connectivity index (χ2n) is 4.92. The summed E-state index contributed by atoms with van der Waals surface area (Å²) in [6.07, 6.45) is 2.20. The molecule has 106 valence electrons. The van der Waals surface area contributed by atoms with Gasteiger partial charge in [0.1, 0.15) is 5.82 Å². The van der Waals surface area contributed by atoms with Gasteiger partial charge in [0.25, 0.3) is 10.0 Å². The Morgan fingerprint density at radius 1 is 1.35 bits per heavy atom. The summed E-state index contributed by atoms with van der Waals surface area (Å²) in [7, 11) is -1.88. The number of nitrogens with zero attached hydrogens (tertiary/aromatic N) is 3. The fraction of sp³-hybridized carbons (Fsp3) is 0.308. The van der Waals surface area contributed by atoms with Crippen LogP contribution in [0.4, 0.5) is 11.4 Å². The first kappa shape index (κ1) is 13.0. The average Bonchev–Trinajstić information content (AvgIpc) is 2.96. The molecule has 2 N–H and O–H groups in total. The van der Waals surface area contributed by atoms with Gasteiger partial charge in [0.05, 0.1) is 11.4 Å². The monoisotopic (exact) mass is 292 g/mol. The van der Waals surface area contributed by atoms with Crippen molar-refractivity contribution < 1.29 is 8.42 Å². The predicted octanol–water partition coefficient (Wildman–Crippen LogP) is 1.06. The summed E-state index contributed by atoms with van der Waals surface area (Å²) in [5, 5.41) is 0.0635. The lowest BCUT2D eigenvalue weighted by Crippen LogP contribution is -2.30. The maximum absolute atomic E-state index is 12.7. The smallest absolute Gasteiger partial charge is 0.283 e. The van der Waals surface area contributed by atoms with Crippen molar-refractivity contribution in [3.8, 4) is 0 Å². The molecule has 1 aliphatic rings. The molecule has 6 nitrogen and oxygen atoms in total. The third-order valence-corrected chi connectivity index (χ3v) is 5.30. The van der Waals surface area contributed by atoms with E-state index in [-0.39, 0.29) is 5.03 Å². The SMILES string of the molecule is Cc1nc(S(=O)(=O)N2CCc3cccc(N)c32)cn1C. The zero-order valence-electron chi connectivity index (χ0n) is 11.4. The topological polar surface area (TPSA) is 81.2 Å².